The summed E-state index contributed by atoms with van der Waals surface area (Å²) >= 11 is 0. The molecule has 0 aliphatic carbocycles. The van der Waals surface area contributed by atoms with E-state index in [1.165, 1.54) is 6.92 Å². The second-order valence-electron chi connectivity index (χ2n) is 4.15. The van der Waals surface area contributed by atoms with E-state index in [2.05, 4.69) is 6.58 Å². The van der Waals surface area contributed by atoms with Gasteiger partial charge in [0, 0.05) is 6.92 Å². The quantitative estimate of drug-likeness (QED) is 0.516. The highest BCUT2D eigenvalue weighted by atomic mass is 16.7. The van der Waals surface area contributed by atoms with Gasteiger partial charge in [0.05, 0.1) is 11.3 Å². The minimum Gasteiger partial charge on any atom is -0.425 e. The average Bonchev–Trinajstić information content (AvgIpc) is 2.31. The topological polar surface area (TPSA) is 52.6 Å². The molecule has 3 atom stereocenters. The molecule has 0 saturated carbocycles. The minimum atomic E-state index is -0.795. The fourth-order valence-corrected chi connectivity index (χ4v) is 1.64. The summed E-state index contributed by atoms with van der Waals surface area (Å²) in [6.07, 6.45) is -0.795. The highest BCUT2D eigenvalue weighted by Crippen LogP contribution is 2.44. The SMILES string of the molecule is C=C(C)[C@]1(C)C(=O)O[C@H](OC(C)=O)[C@H]1C. The molecule has 0 spiro atoms. The summed E-state index contributed by atoms with van der Waals surface area (Å²) in [7, 11) is 0. The Morgan fingerprint density at radius 2 is 2.07 bits per heavy atom. The van der Waals surface area contributed by atoms with Crippen LogP contribution in [0, 0.1) is 11.3 Å². The number of hydrogen-bond donors (Lipinski definition) is 0. The molecular formula is C11H16O4. The van der Waals surface area contributed by atoms with Gasteiger partial charge in [-0.2, -0.15) is 0 Å². The first-order valence-electron chi connectivity index (χ1n) is 4.84. The highest BCUT2D eigenvalue weighted by molar-refractivity contribution is 5.82. The predicted octanol–water partition coefficient (Wildman–Crippen LogP) is 1.65. The van der Waals surface area contributed by atoms with Gasteiger partial charge < -0.3 is 9.47 Å². The fourth-order valence-electron chi connectivity index (χ4n) is 1.64. The van der Waals surface area contributed by atoms with Crippen molar-refractivity contribution in [2.24, 2.45) is 11.3 Å². The standard InChI is InChI=1S/C11H16O4/c1-6(2)11(5)7(3)9(14-8(4)12)15-10(11)13/h7,9H,1H2,2-5H3/t7-,9+,11+/m1/s1. The van der Waals surface area contributed by atoms with Gasteiger partial charge in [-0.1, -0.05) is 19.1 Å². The maximum Gasteiger partial charge on any atom is 0.319 e. The van der Waals surface area contributed by atoms with Crippen molar-refractivity contribution in [3.63, 3.8) is 0 Å². The van der Waals surface area contributed by atoms with Gasteiger partial charge in [0.1, 0.15) is 0 Å². The first-order valence-corrected chi connectivity index (χ1v) is 4.84. The number of ether oxygens (including phenoxy) is 2. The van der Waals surface area contributed by atoms with Gasteiger partial charge in [-0.25, -0.2) is 0 Å². The summed E-state index contributed by atoms with van der Waals surface area (Å²) in [5, 5.41) is 0. The smallest absolute Gasteiger partial charge is 0.319 e. The van der Waals surface area contributed by atoms with Crippen LogP contribution in [0.3, 0.4) is 0 Å². The molecular weight excluding hydrogens is 196 g/mol. The van der Waals surface area contributed by atoms with Gasteiger partial charge >= 0.3 is 11.9 Å². The van der Waals surface area contributed by atoms with E-state index < -0.39 is 17.7 Å². The maximum atomic E-state index is 11.7. The van der Waals surface area contributed by atoms with Crippen LogP contribution < -0.4 is 0 Å². The molecule has 15 heavy (non-hydrogen) atoms. The lowest BCUT2D eigenvalue weighted by molar-refractivity contribution is -0.179. The van der Waals surface area contributed by atoms with E-state index in [0.29, 0.717) is 0 Å². The molecule has 0 radical (unpaired) electrons. The Morgan fingerprint density at radius 3 is 2.40 bits per heavy atom. The van der Waals surface area contributed by atoms with Crippen LogP contribution in [0.2, 0.25) is 0 Å². The lowest BCUT2D eigenvalue weighted by Gasteiger charge is -2.25. The summed E-state index contributed by atoms with van der Waals surface area (Å²) in [4.78, 5) is 22.5. The molecule has 1 fully saturated rings. The summed E-state index contributed by atoms with van der Waals surface area (Å²) in [6.45, 7) is 10.4. The zero-order chi connectivity index (χ0) is 11.8. The van der Waals surface area contributed by atoms with Crippen molar-refractivity contribution >= 4 is 11.9 Å². The normalized spacial score (nSPS) is 34.8. The Balaban J connectivity index is 2.92. The van der Waals surface area contributed by atoms with Gasteiger partial charge in [-0.15, -0.1) is 0 Å². The number of carbonyl (C=O) groups is 2. The number of rotatable bonds is 2. The molecule has 1 aliphatic heterocycles. The molecule has 4 heteroatoms. The lowest BCUT2D eigenvalue weighted by atomic mass is 9.75. The molecule has 0 aromatic carbocycles. The van der Waals surface area contributed by atoms with E-state index in [4.69, 9.17) is 9.47 Å². The number of hydrogen-bond acceptors (Lipinski definition) is 4. The maximum absolute atomic E-state index is 11.7. The fraction of sp³-hybridized carbons (Fsp3) is 0.636. The third-order valence-electron chi connectivity index (χ3n) is 3.13. The highest BCUT2D eigenvalue weighted by Gasteiger charge is 2.53. The number of cyclic esters (lactones) is 1. The van der Waals surface area contributed by atoms with Crippen LogP contribution >= 0.6 is 0 Å². The molecule has 0 unspecified atom stereocenters. The minimum absolute atomic E-state index is 0.216. The molecule has 84 valence electrons. The van der Waals surface area contributed by atoms with Crippen molar-refractivity contribution in [2.75, 3.05) is 0 Å². The molecule has 1 saturated heterocycles. The van der Waals surface area contributed by atoms with Gasteiger partial charge in [0.15, 0.2) is 0 Å². The molecule has 0 N–H and O–H groups in total. The number of esters is 2. The van der Waals surface area contributed by atoms with Crippen LogP contribution in [-0.2, 0) is 19.1 Å². The molecule has 4 nitrogen and oxygen atoms in total. The van der Waals surface area contributed by atoms with Gasteiger partial charge in [0.25, 0.3) is 6.29 Å². The van der Waals surface area contributed by atoms with E-state index in [1.54, 1.807) is 13.8 Å². The first-order chi connectivity index (χ1) is 6.80. The van der Waals surface area contributed by atoms with Gasteiger partial charge in [0.2, 0.25) is 0 Å². The van der Waals surface area contributed by atoms with Gasteiger partial charge in [-0.3, -0.25) is 9.59 Å². The van der Waals surface area contributed by atoms with Crippen LogP contribution in [0.1, 0.15) is 27.7 Å². The molecule has 0 aromatic heterocycles. The third-order valence-corrected chi connectivity index (χ3v) is 3.13. The summed E-state index contributed by atoms with van der Waals surface area (Å²) in [5.41, 5.74) is -0.0465. The predicted molar refractivity (Wildman–Crippen MR) is 53.7 cm³/mol. The van der Waals surface area contributed by atoms with E-state index in [9.17, 15) is 9.59 Å². The molecule has 0 amide bonds. The Labute approximate surface area is 89.2 Å². The van der Waals surface area contributed by atoms with Crippen LogP contribution in [0.4, 0.5) is 0 Å². The van der Waals surface area contributed by atoms with Crippen molar-refractivity contribution in [1.29, 1.82) is 0 Å². The van der Waals surface area contributed by atoms with E-state index >= 15 is 0 Å². The molecule has 1 rings (SSSR count). The Kier molecular flexibility index (Phi) is 2.88. The average molecular weight is 212 g/mol. The number of carbonyl (C=O) groups excluding carboxylic acids is 2. The van der Waals surface area contributed by atoms with Crippen molar-refractivity contribution in [2.45, 2.75) is 34.0 Å². The monoisotopic (exact) mass is 212 g/mol. The Hall–Kier alpha value is -1.32. The van der Waals surface area contributed by atoms with E-state index in [1.807, 2.05) is 6.92 Å². The molecule has 1 aliphatic rings. The van der Waals surface area contributed by atoms with Crippen molar-refractivity contribution < 1.29 is 19.1 Å². The summed E-state index contributed by atoms with van der Waals surface area (Å²) in [5.74, 6) is -1.05. The molecule has 0 bridgehead atoms. The van der Waals surface area contributed by atoms with Crippen molar-refractivity contribution in [1.82, 2.24) is 0 Å². The largest absolute Gasteiger partial charge is 0.425 e. The summed E-state index contributed by atoms with van der Waals surface area (Å²) in [6, 6.07) is 0. The summed E-state index contributed by atoms with van der Waals surface area (Å²) < 4.78 is 9.93. The first kappa shape index (κ1) is 11.8. The van der Waals surface area contributed by atoms with Crippen molar-refractivity contribution in [3.05, 3.63) is 12.2 Å². The van der Waals surface area contributed by atoms with Crippen molar-refractivity contribution in [3.8, 4) is 0 Å². The molecule has 1 heterocycles. The Morgan fingerprint density at radius 1 is 1.53 bits per heavy atom. The lowest BCUT2D eigenvalue weighted by Crippen LogP contribution is -2.31. The van der Waals surface area contributed by atoms with Crippen LogP contribution in [-0.4, -0.2) is 18.2 Å². The zero-order valence-electron chi connectivity index (χ0n) is 9.49. The van der Waals surface area contributed by atoms with E-state index in [0.717, 1.165) is 5.57 Å². The Bertz CT molecular complexity index is 321. The second-order valence-corrected chi connectivity index (χ2v) is 4.15. The van der Waals surface area contributed by atoms with Crippen LogP contribution in [0.25, 0.3) is 0 Å². The van der Waals surface area contributed by atoms with Gasteiger partial charge in [-0.05, 0) is 13.8 Å². The zero-order valence-corrected chi connectivity index (χ0v) is 9.49. The third kappa shape index (κ3) is 1.76. The molecule has 0 aromatic rings. The van der Waals surface area contributed by atoms with Crippen LogP contribution in [0.5, 0.6) is 0 Å². The van der Waals surface area contributed by atoms with E-state index in [-0.39, 0.29) is 11.9 Å². The second kappa shape index (κ2) is 3.68. The van der Waals surface area contributed by atoms with Crippen LogP contribution in [0.15, 0.2) is 12.2 Å².